The SMILES string of the molecule is CCOC(CCCN1c2ccccc2OCC1CNCc1ccccc1)OCC. The van der Waals surface area contributed by atoms with Crippen molar-refractivity contribution in [3.8, 4) is 5.75 Å². The minimum atomic E-state index is -0.115. The van der Waals surface area contributed by atoms with E-state index in [1.807, 2.05) is 19.9 Å². The molecule has 2 aromatic rings. The Labute approximate surface area is 175 Å². The van der Waals surface area contributed by atoms with Crippen LogP contribution < -0.4 is 15.0 Å². The molecule has 0 saturated carbocycles. The summed E-state index contributed by atoms with van der Waals surface area (Å²) in [6.07, 6.45) is 1.79. The van der Waals surface area contributed by atoms with Crippen LogP contribution in [-0.4, -0.2) is 45.2 Å². The van der Waals surface area contributed by atoms with Crippen molar-refractivity contribution < 1.29 is 14.2 Å². The lowest BCUT2D eigenvalue weighted by Crippen LogP contribution is -2.49. The Bertz CT molecular complexity index is 704. The largest absolute Gasteiger partial charge is 0.489 e. The van der Waals surface area contributed by atoms with E-state index < -0.39 is 0 Å². The van der Waals surface area contributed by atoms with Crippen LogP contribution in [0.25, 0.3) is 0 Å². The number of rotatable bonds is 12. The van der Waals surface area contributed by atoms with Crippen molar-refractivity contribution in [3.05, 3.63) is 60.2 Å². The second kappa shape index (κ2) is 11.8. The molecule has 0 aliphatic carbocycles. The highest BCUT2D eigenvalue weighted by Crippen LogP contribution is 2.33. The highest BCUT2D eigenvalue weighted by atomic mass is 16.7. The number of nitrogens with zero attached hydrogens (tertiary/aromatic N) is 1. The summed E-state index contributed by atoms with van der Waals surface area (Å²) in [5, 5.41) is 3.60. The van der Waals surface area contributed by atoms with Gasteiger partial charge in [-0.2, -0.15) is 0 Å². The number of hydrogen-bond donors (Lipinski definition) is 1. The van der Waals surface area contributed by atoms with Gasteiger partial charge < -0.3 is 24.4 Å². The van der Waals surface area contributed by atoms with Crippen LogP contribution in [0.1, 0.15) is 32.3 Å². The normalized spacial score (nSPS) is 16.0. The van der Waals surface area contributed by atoms with E-state index in [-0.39, 0.29) is 6.29 Å². The molecule has 5 heteroatoms. The van der Waals surface area contributed by atoms with Gasteiger partial charge in [-0.05, 0) is 38.0 Å². The van der Waals surface area contributed by atoms with Crippen LogP contribution in [0.5, 0.6) is 5.75 Å². The lowest BCUT2D eigenvalue weighted by molar-refractivity contribution is -0.139. The topological polar surface area (TPSA) is 43.0 Å². The van der Waals surface area contributed by atoms with E-state index in [4.69, 9.17) is 14.2 Å². The zero-order valence-electron chi connectivity index (χ0n) is 17.7. The fourth-order valence-electron chi connectivity index (χ4n) is 3.76. The van der Waals surface area contributed by atoms with Gasteiger partial charge in [0.2, 0.25) is 0 Å². The molecular formula is C24H34N2O3. The van der Waals surface area contributed by atoms with Crippen LogP contribution in [0.2, 0.25) is 0 Å². The fourth-order valence-corrected chi connectivity index (χ4v) is 3.76. The lowest BCUT2D eigenvalue weighted by Gasteiger charge is -2.39. The van der Waals surface area contributed by atoms with Gasteiger partial charge >= 0.3 is 0 Å². The average Bonchev–Trinajstić information content (AvgIpc) is 2.76. The van der Waals surface area contributed by atoms with Crippen molar-refractivity contribution in [1.29, 1.82) is 0 Å². The van der Waals surface area contributed by atoms with E-state index in [1.165, 1.54) is 11.3 Å². The van der Waals surface area contributed by atoms with Crippen molar-refractivity contribution >= 4 is 5.69 Å². The van der Waals surface area contributed by atoms with E-state index >= 15 is 0 Å². The van der Waals surface area contributed by atoms with Crippen molar-refractivity contribution in [3.63, 3.8) is 0 Å². The summed E-state index contributed by atoms with van der Waals surface area (Å²) in [7, 11) is 0. The van der Waals surface area contributed by atoms with Crippen LogP contribution >= 0.6 is 0 Å². The number of para-hydroxylation sites is 2. The molecule has 158 valence electrons. The Morgan fingerprint density at radius 2 is 1.76 bits per heavy atom. The van der Waals surface area contributed by atoms with Gasteiger partial charge in [-0.3, -0.25) is 0 Å². The van der Waals surface area contributed by atoms with E-state index in [0.29, 0.717) is 25.9 Å². The molecule has 5 nitrogen and oxygen atoms in total. The summed E-state index contributed by atoms with van der Waals surface area (Å²) >= 11 is 0. The molecule has 29 heavy (non-hydrogen) atoms. The Hall–Kier alpha value is -2.08. The Balaban J connectivity index is 1.59. The Morgan fingerprint density at radius 1 is 1.03 bits per heavy atom. The maximum absolute atomic E-state index is 6.04. The molecule has 0 radical (unpaired) electrons. The number of nitrogens with one attached hydrogen (secondary N) is 1. The zero-order valence-corrected chi connectivity index (χ0v) is 17.7. The summed E-state index contributed by atoms with van der Waals surface area (Å²) in [4.78, 5) is 2.48. The molecule has 0 amide bonds. The molecule has 1 aliphatic rings. The number of hydrogen-bond acceptors (Lipinski definition) is 5. The molecule has 0 aromatic heterocycles. The van der Waals surface area contributed by atoms with Crippen LogP contribution in [0.15, 0.2) is 54.6 Å². The van der Waals surface area contributed by atoms with E-state index in [1.54, 1.807) is 0 Å². The third-order valence-corrected chi connectivity index (χ3v) is 5.14. The van der Waals surface area contributed by atoms with Crippen molar-refractivity contribution in [1.82, 2.24) is 5.32 Å². The first kappa shape index (κ1) is 21.6. The monoisotopic (exact) mass is 398 g/mol. The standard InChI is InChI=1S/C24H34N2O3/c1-3-27-24(28-4-2)15-10-16-26-21(18-25-17-20-11-6-5-7-12-20)19-29-23-14-9-8-13-22(23)26/h5-9,11-14,21,24-25H,3-4,10,15-19H2,1-2H3. The predicted octanol–water partition coefficient (Wildman–Crippen LogP) is 4.22. The molecule has 1 N–H and O–H groups in total. The van der Waals surface area contributed by atoms with E-state index in [9.17, 15) is 0 Å². The quantitative estimate of drug-likeness (QED) is 0.542. The van der Waals surface area contributed by atoms with Gasteiger partial charge in [0.05, 0.1) is 11.7 Å². The van der Waals surface area contributed by atoms with Crippen LogP contribution in [0.4, 0.5) is 5.69 Å². The molecule has 1 aliphatic heterocycles. The van der Waals surface area contributed by atoms with Gasteiger partial charge in [-0.1, -0.05) is 42.5 Å². The van der Waals surface area contributed by atoms with Gasteiger partial charge in [0, 0.05) is 39.3 Å². The Morgan fingerprint density at radius 3 is 2.52 bits per heavy atom. The smallest absolute Gasteiger partial charge is 0.157 e. The number of benzene rings is 2. The molecule has 3 rings (SSSR count). The van der Waals surface area contributed by atoms with Crippen molar-refractivity contribution in [2.24, 2.45) is 0 Å². The summed E-state index contributed by atoms with van der Waals surface area (Å²) in [5.41, 5.74) is 2.47. The first-order valence-electron chi connectivity index (χ1n) is 10.8. The third kappa shape index (κ3) is 6.46. The summed E-state index contributed by atoms with van der Waals surface area (Å²) in [6.45, 7) is 8.77. The third-order valence-electron chi connectivity index (χ3n) is 5.14. The highest BCUT2D eigenvalue weighted by molar-refractivity contribution is 5.60. The fraction of sp³-hybridized carbons (Fsp3) is 0.500. The van der Waals surface area contributed by atoms with Crippen molar-refractivity contribution in [2.45, 2.75) is 45.6 Å². The molecular weight excluding hydrogens is 364 g/mol. The van der Waals surface area contributed by atoms with Gasteiger partial charge in [0.1, 0.15) is 12.4 Å². The van der Waals surface area contributed by atoms with Gasteiger partial charge in [0.25, 0.3) is 0 Å². The lowest BCUT2D eigenvalue weighted by atomic mass is 10.1. The molecule has 1 unspecified atom stereocenters. The second-order valence-electron chi connectivity index (χ2n) is 7.22. The highest BCUT2D eigenvalue weighted by Gasteiger charge is 2.27. The van der Waals surface area contributed by atoms with E-state index in [2.05, 4.69) is 58.7 Å². The molecule has 1 heterocycles. The van der Waals surface area contributed by atoms with Gasteiger partial charge in [0.15, 0.2) is 6.29 Å². The predicted molar refractivity (Wildman–Crippen MR) is 117 cm³/mol. The number of ether oxygens (including phenoxy) is 3. The molecule has 0 spiro atoms. The minimum Gasteiger partial charge on any atom is -0.489 e. The van der Waals surface area contributed by atoms with Crippen LogP contribution in [0.3, 0.4) is 0 Å². The summed E-state index contributed by atoms with van der Waals surface area (Å²) in [5.74, 6) is 0.970. The van der Waals surface area contributed by atoms with Crippen LogP contribution in [-0.2, 0) is 16.0 Å². The average molecular weight is 399 g/mol. The van der Waals surface area contributed by atoms with Gasteiger partial charge in [-0.25, -0.2) is 0 Å². The molecule has 2 aromatic carbocycles. The molecule has 1 atom stereocenters. The van der Waals surface area contributed by atoms with Crippen molar-refractivity contribution in [2.75, 3.05) is 37.8 Å². The van der Waals surface area contributed by atoms with E-state index in [0.717, 1.165) is 38.2 Å². The Kier molecular flexibility index (Phi) is 8.81. The molecule has 0 bridgehead atoms. The van der Waals surface area contributed by atoms with Crippen LogP contribution in [0, 0.1) is 0 Å². The first-order valence-corrected chi connectivity index (χ1v) is 10.8. The number of fused-ring (bicyclic) bond motifs is 1. The molecule has 0 fully saturated rings. The second-order valence-corrected chi connectivity index (χ2v) is 7.22. The van der Waals surface area contributed by atoms with Gasteiger partial charge in [-0.15, -0.1) is 0 Å². The summed E-state index contributed by atoms with van der Waals surface area (Å²) < 4.78 is 17.5. The summed E-state index contributed by atoms with van der Waals surface area (Å²) in [6, 6.07) is 19.1. The first-order chi connectivity index (χ1) is 14.3. The maximum Gasteiger partial charge on any atom is 0.157 e. The maximum atomic E-state index is 6.04. The minimum absolute atomic E-state index is 0.115. The molecule has 0 saturated heterocycles. The zero-order chi connectivity index (χ0) is 20.3. The number of anilines is 1.